The number of rotatable bonds is 4. The van der Waals surface area contributed by atoms with E-state index in [9.17, 15) is 14.7 Å². The van der Waals surface area contributed by atoms with Crippen molar-refractivity contribution in [2.75, 3.05) is 32.8 Å². The molecule has 2 aromatic carbocycles. The Labute approximate surface area is 181 Å². The maximum atomic E-state index is 13.0. The second-order valence-electron chi connectivity index (χ2n) is 7.71. The highest BCUT2D eigenvalue weighted by Crippen LogP contribution is 2.42. The molecule has 31 heavy (non-hydrogen) atoms. The number of fused-ring (bicyclic) bond motifs is 1. The number of hydrogen-bond donors (Lipinski definition) is 1. The Hall–Kier alpha value is -3.32. The van der Waals surface area contributed by atoms with Crippen molar-refractivity contribution < 1.29 is 24.2 Å². The third kappa shape index (κ3) is 4.27. The average molecular weight is 422 g/mol. The van der Waals surface area contributed by atoms with Crippen molar-refractivity contribution in [2.45, 2.75) is 20.4 Å². The Balaban J connectivity index is 1.55. The number of ketones is 1. The van der Waals surface area contributed by atoms with Crippen molar-refractivity contribution in [2.24, 2.45) is 0 Å². The van der Waals surface area contributed by atoms with Gasteiger partial charge in [-0.2, -0.15) is 0 Å². The minimum Gasteiger partial charge on any atom is -0.507 e. The molecule has 0 unspecified atom stereocenters. The Morgan fingerprint density at radius 3 is 2.58 bits per heavy atom. The second kappa shape index (κ2) is 8.81. The molecule has 2 aromatic rings. The van der Waals surface area contributed by atoms with E-state index in [4.69, 9.17) is 9.47 Å². The number of carbonyl (C=O) groups is 2. The first-order chi connectivity index (χ1) is 15.0. The zero-order valence-electron chi connectivity index (χ0n) is 17.8. The largest absolute Gasteiger partial charge is 0.507 e. The summed E-state index contributed by atoms with van der Waals surface area (Å²) in [5.74, 6) is 0.614. The third-order valence-corrected chi connectivity index (χ3v) is 5.60. The number of ether oxygens (including phenoxy) is 2. The van der Waals surface area contributed by atoms with E-state index in [-0.39, 0.29) is 23.4 Å². The lowest BCUT2D eigenvalue weighted by molar-refractivity contribution is 0.0774. The lowest BCUT2D eigenvalue weighted by Crippen LogP contribution is -2.48. The van der Waals surface area contributed by atoms with Crippen LogP contribution in [-0.2, 0) is 11.3 Å². The molecule has 1 amide bonds. The molecule has 0 bridgehead atoms. The fourth-order valence-electron chi connectivity index (χ4n) is 3.96. The van der Waals surface area contributed by atoms with Gasteiger partial charge in [-0.1, -0.05) is 30.3 Å². The normalized spacial score (nSPS) is 17.5. The molecule has 0 saturated carbocycles. The number of carbonyl (C=O) groups excluding carboxylic acids is 2. The molecule has 0 radical (unpaired) electrons. The number of amides is 1. The molecular weight excluding hydrogens is 396 g/mol. The first-order valence-electron chi connectivity index (χ1n) is 10.5. The van der Waals surface area contributed by atoms with Crippen LogP contribution in [0, 0.1) is 6.92 Å². The summed E-state index contributed by atoms with van der Waals surface area (Å²) in [6.07, 6.45) is 1.42. The molecule has 162 valence electrons. The Bertz CT molecular complexity index is 1020. The molecule has 0 atom stereocenters. The van der Waals surface area contributed by atoms with Gasteiger partial charge in [-0.25, -0.2) is 4.79 Å². The summed E-state index contributed by atoms with van der Waals surface area (Å²) in [5.41, 5.74) is 2.65. The highest BCUT2D eigenvalue weighted by atomic mass is 16.6. The number of phenols is 1. The molecule has 2 heterocycles. The van der Waals surface area contributed by atoms with E-state index in [0.29, 0.717) is 61.8 Å². The van der Waals surface area contributed by atoms with Gasteiger partial charge in [-0.05, 0) is 37.1 Å². The number of aryl methyl sites for hydroxylation is 1. The van der Waals surface area contributed by atoms with Crippen molar-refractivity contribution >= 4 is 18.0 Å². The van der Waals surface area contributed by atoms with Crippen LogP contribution >= 0.6 is 0 Å². The van der Waals surface area contributed by atoms with Gasteiger partial charge in [0.25, 0.3) is 0 Å². The summed E-state index contributed by atoms with van der Waals surface area (Å²) in [6.45, 7) is 6.75. The summed E-state index contributed by atoms with van der Waals surface area (Å²) >= 11 is 0. The van der Waals surface area contributed by atoms with Gasteiger partial charge in [0, 0.05) is 32.7 Å². The van der Waals surface area contributed by atoms with Crippen LogP contribution in [0.15, 0.2) is 42.2 Å². The van der Waals surface area contributed by atoms with Gasteiger partial charge in [-0.3, -0.25) is 9.69 Å². The smallest absolute Gasteiger partial charge is 0.409 e. The first kappa shape index (κ1) is 20.9. The highest BCUT2D eigenvalue weighted by Gasteiger charge is 2.34. The standard InChI is InChI=1S/C24H26N2O5/c1-3-30-24(29)26-11-9-25(10-12-26)15-18-19(27)13-16(2)21-22(28)20(31-23(18)21)14-17-7-5-4-6-8-17/h4-8,13-14,27H,3,9-12,15H2,1-2H3/b20-14-. The van der Waals surface area contributed by atoms with Crippen molar-refractivity contribution in [1.82, 2.24) is 9.80 Å². The maximum absolute atomic E-state index is 13.0. The Morgan fingerprint density at radius 2 is 1.90 bits per heavy atom. The summed E-state index contributed by atoms with van der Waals surface area (Å²) in [4.78, 5) is 28.7. The van der Waals surface area contributed by atoms with E-state index in [0.717, 1.165) is 5.56 Å². The molecule has 1 saturated heterocycles. The predicted molar refractivity (Wildman–Crippen MR) is 116 cm³/mol. The topological polar surface area (TPSA) is 79.3 Å². The summed E-state index contributed by atoms with van der Waals surface area (Å²) in [5, 5.41) is 10.6. The lowest BCUT2D eigenvalue weighted by atomic mass is 9.99. The van der Waals surface area contributed by atoms with E-state index in [1.165, 1.54) is 0 Å². The van der Waals surface area contributed by atoms with E-state index >= 15 is 0 Å². The van der Waals surface area contributed by atoms with Gasteiger partial charge in [0.05, 0.1) is 17.7 Å². The van der Waals surface area contributed by atoms with Crippen molar-refractivity contribution in [1.29, 1.82) is 0 Å². The van der Waals surface area contributed by atoms with Gasteiger partial charge in [0.15, 0.2) is 5.76 Å². The van der Waals surface area contributed by atoms with E-state index < -0.39 is 0 Å². The number of phenolic OH excluding ortho intramolecular Hbond substituents is 1. The quantitative estimate of drug-likeness (QED) is 0.759. The van der Waals surface area contributed by atoms with E-state index in [1.807, 2.05) is 30.3 Å². The molecule has 1 fully saturated rings. The van der Waals surface area contributed by atoms with Gasteiger partial charge >= 0.3 is 6.09 Å². The number of aromatic hydroxyl groups is 1. The molecule has 0 aromatic heterocycles. The molecule has 4 rings (SSSR count). The molecule has 2 aliphatic heterocycles. The van der Waals surface area contributed by atoms with Crippen LogP contribution in [-0.4, -0.2) is 59.6 Å². The fraction of sp³-hybridized carbons (Fsp3) is 0.333. The maximum Gasteiger partial charge on any atom is 0.409 e. The first-order valence-corrected chi connectivity index (χ1v) is 10.5. The molecule has 7 heteroatoms. The van der Waals surface area contributed by atoms with Crippen LogP contribution in [0.1, 0.15) is 34.0 Å². The number of hydrogen-bond acceptors (Lipinski definition) is 6. The third-order valence-electron chi connectivity index (χ3n) is 5.60. The number of allylic oxidation sites excluding steroid dienone is 1. The van der Waals surface area contributed by atoms with E-state index in [2.05, 4.69) is 4.90 Å². The lowest BCUT2D eigenvalue weighted by Gasteiger charge is -2.34. The predicted octanol–water partition coefficient (Wildman–Crippen LogP) is 3.59. The average Bonchev–Trinajstić information content (AvgIpc) is 3.09. The van der Waals surface area contributed by atoms with Gasteiger partial charge < -0.3 is 19.5 Å². The number of Topliss-reactive ketones (excluding diaryl/α,β-unsaturated/α-hetero) is 1. The molecule has 0 aliphatic carbocycles. The fourth-order valence-corrected chi connectivity index (χ4v) is 3.96. The molecule has 1 N–H and O–H groups in total. The van der Waals surface area contributed by atoms with Crippen LogP contribution in [0.4, 0.5) is 4.79 Å². The number of nitrogens with zero attached hydrogens (tertiary/aromatic N) is 2. The summed E-state index contributed by atoms with van der Waals surface area (Å²) in [7, 11) is 0. The zero-order valence-corrected chi connectivity index (χ0v) is 17.8. The van der Waals surface area contributed by atoms with Crippen molar-refractivity contribution in [3.8, 4) is 11.5 Å². The Kier molecular flexibility index (Phi) is 5.95. The highest BCUT2D eigenvalue weighted by molar-refractivity contribution is 6.15. The zero-order chi connectivity index (χ0) is 22.0. The van der Waals surface area contributed by atoms with Gasteiger partial charge in [0.1, 0.15) is 11.5 Å². The molecule has 2 aliphatic rings. The summed E-state index contributed by atoms with van der Waals surface area (Å²) in [6, 6.07) is 11.1. The number of benzene rings is 2. The molecule has 7 nitrogen and oxygen atoms in total. The monoisotopic (exact) mass is 422 g/mol. The van der Waals surface area contributed by atoms with Crippen LogP contribution in [0.2, 0.25) is 0 Å². The minimum atomic E-state index is -0.300. The number of piperazine rings is 1. The SMILES string of the molecule is CCOC(=O)N1CCN(Cc2c(O)cc(C)c3c2O/C(=C\c2ccccc2)C3=O)CC1. The van der Waals surface area contributed by atoms with Crippen LogP contribution in [0.25, 0.3) is 6.08 Å². The van der Waals surface area contributed by atoms with Gasteiger partial charge in [0.2, 0.25) is 5.78 Å². The Morgan fingerprint density at radius 1 is 1.19 bits per heavy atom. The van der Waals surface area contributed by atoms with E-state index in [1.54, 1.807) is 30.9 Å². The van der Waals surface area contributed by atoms with Crippen molar-refractivity contribution in [3.63, 3.8) is 0 Å². The van der Waals surface area contributed by atoms with Crippen LogP contribution < -0.4 is 4.74 Å². The van der Waals surface area contributed by atoms with Crippen molar-refractivity contribution in [3.05, 3.63) is 64.4 Å². The van der Waals surface area contributed by atoms with Crippen LogP contribution in [0.3, 0.4) is 0 Å². The van der Waals surface area contributed by atoms with Crippen LogP contribution in [0.5, 0.6) is 11.5 Å². The summed E-state index contributed by atoms with van der Waals surface area (Å²) < 4.78 is 11.1. The van der Waals surface area contributed by atoms with Gasteiger partial charge in [-0.15, -0.1) is 0 Å². The molecule has 0 spiro atoms. The second-order valence-corrected chi connectivity index (χ2v) is 7.71. The minimum absolute atomic E-state index is 0.109. The molecular formula is C24H26N2O5.